The molecule has 0 bridgehead atoms. The molecule has 0 aliphatic carbocycles. The molecule has 1 aliphatic heterocycles. The van der Waals surface area contributed by atoms with Crippen molar-refractivity contribution in [2.24, 2.45) is 24.3 Å². The molecule has 2 atom stereocenters. The molecule has 1 aliphatic rings. The van der Waals surface area contributed by atoms with E-state index in [0.717, 1.165) is 31.6 Å². The van der Waals surface area contributed by atoms with Gasteiger partial charge in [-0.1, -0.05) is 27.7 Å². The quantitative estimate of drug-likeness (QED) is 0.834. The van der Waals surface area contributed by atoms with E-state index in [1.165, 1.54) is 0 Å². The van der Waals surface area contributed by atoms with E-state index < -0.39 is 0 Å². The number of aromatic nitrogens is 2. The van der Waals surface area contributed by atoms with Gasteiger partial charge in [-0.05, 0) is 23.3 Å². The van der Waals surface area contributed by atoms with Gasteiger partial charge in [0.1, 0.15) is 0 Å². The Morgan fingerprint density at radius 2 is 2.17 bits per heavy atom. The van der Waals surface area contributed by atoms with Crippen molar-refractivity contribution in [2.75, 3.05) is 19.6 Å². The van der Waals surface area contributed by atoms with Gasteiger partial charge >= 0.3 is 0 Å². The lowest BCUT2D eigenvalue weighted by Gasteiger charge is -2.28. The molecule has 0 unspecified atom stereocenters. The largest absolute Gasteiger partial charge is 0.355 e. The third kappa shape index (κ3) is 5.50. The predicted octanol–water partition coefficient (Wildman–Crippen LogP) is 2.33. The highest BCUT2D eigenvalue weighted by Crippen LogP contribution is 2.29. The number of rotatable bonds is 6. The van der Waals surface area contributed by atoms with Crippen LogP contribution in [-0.2, 0) is 11.8 Å². The third-order valence-electron chi connectivity index (χ3n) is 4.41. The van der Waals surface area contributed by atoms with Crippen molar-refractivity contribution >= 4 is 18.3 Å². The summed E-state index contributed by atoms with van der Waals surface area (Å²) in [5, 5.41) is 10.7. The number of nitrogens with one attached hydrogen (secondary N) is 2. The van der Waals surface area contributed by atoms with Gasteiger partial charge in [-0.3, -0.25) is 9.48 Å². The fraction of sp³-hybridized carbons (Fsp3) is 0.765. The summed E-state index contributed by atoms with van der Waals surface area (Å²) >= 11 is 0. The Labute approximate surface area is 146 Å². The van der Waals surface area contributed by atoms with E-state index in [4.69, 9.17) is 0 Å². The Morgan fingerprint density at radius 1 is 1.48 bits per heavy atom. The molecule has 1 fully saturated rings. The van der Waals surface area contributed by atoms with E-state index >= 15 is 0 Å². The fourth-order valence-corrected chi connectivity index (χ4v) is 3.57. The van der Waals surface area contributed by atoms with E-state index in [2.05, 4.69) is 43.4 Å². The Balaban J connectivity index is 0.00000264. The lowest BCUT2D eigenvalue weighted by atomic mass is 9.83. The van der Waals surface area contributed by atoms with Crippen LogP contribution in [0.5, 0.6) is 0 Å². The number of hydrogen-bond donors (Lipinski definition) is 2. The van der Waals surface area contributed by atoms with Gasteiger partial charge in [0.05, 0.1) is 12.1 Å². The Kier molecular flexibility index (Phi) is 7.08. The van der Waals surface area contributed by atoms with Crippen LogP contribution >= 0.6 is 12.4 Å². The molecule has 2 rings (SSSR count). The molecule has 5 nitrogen and oxygen atoms in total. The zero-order valence-electron chi connectivity index (χ0n) is 14.9. The molecule has 1 amide bonds. The van der Waals surface area contributed by atoms with Crippen LogP contribution in [0.2, 0.25) is 0 Å². The van der Waals surface area contributed by atoms with Crippen LogP contribution in [0.1, 0.15) is 45.6 Å². The highest BCUT2D eigenvalue weighted by Gasteiger charge is 2.35. The number of nitrogens with zero attached hydrogens (tertiary/aromatic N) is 2. The summed E-state index contributed by atoms with van der Waals surface area (Å²) in [5.41, 5.74) is 1.29. The topological polar surface area (TPSA) is 59.0 Å². The van der Waals surface area contributed by atoms with Gasteiger partial charge in [0.2, 0.25) is 5.91 Å². The molecule has 1 aromatic rings. The molecular weight excluding hydrogens is 312 g/mol. The molecule has 0 radical (unpaired) electrons. The number of amides is 1. The van der Waals surface area contributed by atoms with E-state index in [0.29, 0.717) is 5.92 Å². The van der Waals surface area contributed by atoms with Gasteiger partial charge in [-0.25, -0.2) is 0 Å². The van der Waals surface area contributed by atoms with Gasteiger partial charge in [0.15, 0.2) is 0 Å². The van der Waals surface area contributed by atoms with Gasteiger partial charge in [-0.2, -0.15) is 5.10 Å². The van der Waals surface area contributed by atoms with Gasteiger partial charge < -0.3 is 10.6 Å². The maximum Gasteiger partial charge on any atom is 0.225 e. The predicted molar refractivity (Wildman–Crippen MR) is 95.8 cm³/mol. The van der Waals surface area contributed by atoms with Gasteiger partial charge in [0, 0.05) is 38.8 Å². The lowest BCUT2D eigenvalue weighted by Crippen LogP contribution is -2.40. The number of hydrogen-bond acceptors (Lipinski definition) is 3. The standard InChI is InChI=1S/C17H30N4O.ClH/c1-12(2)6-17(3,4)11-19-16(22)15-9-18-8-14(15)13-7-20-21(5)10-13;/h7,10,12,14-15,18H,6,8-9,11H2,1-5H3,(H,19,22);1H/t14-,15+;/m1./s1. The second-order valence-electron chi connectivity index (χ2n) is 7.80. The zero-order chi connectivity index (χ0) is 16.3. The summed E-state index contributed by atoms with van der Waals surface area (Å²) < 4.78 is 1.80. The molecule has 1 saturated heterocycles. The molecule has 132 valence electrons. The minimum atomic E-state index is -0.000880. The summed E-state index contributed by atoms with van der Waals surface area (Å²) in [5.74, 6) is 1.03. The molecule has 23 heavy (non-hydrogen) atoms. The molecule has 0 spiro atoms. The molecule has 2 heterocycles. The molecular formula is C17H31ClN4O. The molecule has 1 aromatic heterocycles. The third-order valence-corrected chi connectivity index (χ3v) is 4.41. The Bertz CT molecular complexity index is 512. The zero-order valence-corrected chi connectivity index (χ0v) is 15.7. The van der Waals surface area contributed by atoms with Crippen LogP contribution < -0.4 is 10.6 Å². The number of aryl methyl sites for hydroxylation is 1. The normalized spacial score (nSPS) is 21.3. The monoisotopic (exact) mass is 342 g/mol. The minimum absolute atomic E-state index is 0. The highest BCUT2D eigenvalue weighted by atomic mass is 35.5. The maximum atomic E-state index is 12.6. The van der Waals surface area contributed by atoms with Gasteiger partial charge in [-0.15, -0.1) is 12.4 Å². The smallest absolute Gasteiger partial charge is 0.225 e. The van der Waals surface area contributed by atoms with E-state index in [1.807, 2.05) is 19.4 Å². The van der Waals surface area contributed by atoms with Crippen LogP contribution in [0, 0.1) is 17.3 Å². The van der Waals surface area contributed by atoms with E-state index in [-0.39, 0.29) is 35.6 Å². The van der Waals surface area contributed by atoms with Crippen LogP contribution in [-0.4, -0.2) is 35.3 Å². The Hall–Kier alpha value is -1.07. The van der Waals surface area contributed by atoms with Crippen molar-refractivity contribution in [3.05, 3.63) is 18.0 Å². The van der Waals surface area contributed by atoms with Crippen LogP contribution in [0.3, 0.4) is 0 Å². The maximum absolute atomic E-state index is 12.6. The summed E-state index contributed by atoms with van der Waals surface area (Å²) in [6.45, 7) is 11.2. The average Bonchev–Trinajstić information content (AvgIpc) is 3.02. The first-order valence-electron chi connectivity index (χ1n) is 8.25. The minimum Gasteiger partial charge on any atom is -0.355 e. The summed E-state index contributed by atoms with van der Waals surface area (Å²) in [4.78, 5) is 12.6. The first kappa shape index (κ1) is 20.0. The highest BCUT2D eigenvalue weighted by molar-refractivity contribution is 5.85. The first-order chi connectivity index (χ1) is 10.3. The SMILES string of the molecule is CC(C)CC(C)(C)CNC(=O)[C@H]1CNC[C@@H]1c1cnn(C)c1.Cl. The summed E-state index contributed by atoms with van der Waals surface area (Å²) in [6, 6.07) is 0. The summed E-state index contributed by atoms with van der Waals surface area (Å²) in [7, 11) is 1.91. The number of carbonyl (C=O) groups excluding carboxylic acids is 1. The number of halogens is 1. The molecule has 6 heteroatoms. The second-order valence-corrected chi connectivity index (χ2v) is 7.80. The fourth-order valence-electron chi connectivity index (χ4n) is 3.57. The summed E-state index contributed by atoms with van der Waals surface area (Å²) in [6.07, 6.45) is 5.00. The van der Waals surface area contributed by atoms with Crippen LogP contribution in [0.4, 0.5) is 0 Å². The van der Waals surface area contributed by atoms with Crippen molar-refractivity contribution in [1.29, 1.82) is 0 Å². The van der Waals surface area contributed by atoms with E-state index in [9.17, 15) is 4.79 Å². The van der Waals surface area contributed by atoms with Crippen LogP contribution in [0.25, 0.3) is 0 Å². The van der Waals surface area contributed by atoms with E-state index in [1.54, 1.807) is 4.68 Å². The molecule has 0 aromatic carbocycles. The lowest BCUT2D eigenvalue weighted by molar-refractivity contribution is -0.125. The van der Waals surface area contributed by atoms with Crippen molar-refractivity contribution in [3.63, 3.8) is 0 Å². The first-order valence-corrected chi connectivity index (χ1v) is 8.25. The number of carbonyl (C=O) groups is 1. The van der Waals surface area contributed by atoms with Crippen molar-refractivity contribution in [1.82, 2.24) is 20.4 Å². The van der Waals surface area contributed by atoms with Crippen LogP contribution in [0.15, 0.2) is 12.4 Å². The van der Waals surface area contributed by atoms with Crippen molar-refractivity contribution in [2.45, 2.75) is 40.0 Å². The molecule has 2 N–H and O–H groups in total. The molecule has 0 saturated carbocycles. The van der Waals surface area contributed by atoms with Crippen molar-refractivity contribution < 1.29 is 4.79 Å². The Morgan fingerprint density at radius 3 is 2.74 bits per heavy atom. The average molecular weight is 343 g/mol. The second kappa shape index (κ2) is 8.15. The van der Waals surface area contributed by atoms with Crippen molar-refractivity contribution in [3.8, 4) is 0 Å². The van der Waals surface area contributed by atoms with Gasteiger partial charge in [0.25, 0.3) is 0 Å².